The Morgan fingerprint density at radius 3 is 2.62 bits per heavy atom. The second-order valence-corrected chi connectivity index (χ2v) is 10.9. The molecule has 0 N–H and O–H groups in total. The minimum absolute atomic E-state index is 0.122. The number of rotatable bonds is 4. The van der Waals surface area contributed by atoms with Crippen molar-refractivity contribution in [2.24, 2.45) is 0 Å². The average molecular weight is 552 g/mol. The first-order valence-electron chi connectivity index (χ1n) is 12.9. The van der Waals surface area contributed by atoms with Gasteiger partial charge >= 0.3 is 12.1 Å². The average Bonchev–Trinajstić information content (AvgIpc) is 3.28. The van der Waals surface area contributed by atoms with Crippen LogP contribution in [-0.4, -0.2) is 62.9 Å². The summed E-state index contributed by atoms with van der Waals surface area (Å²) in [5, 5.41) is 4.97. The molecule has 0 spiro atoms. The van der Waals surface area contributed by atoms with Gasteiger partial charge in [0.2, 0.25) is 0 Å². The van der Waals surface area contributed by atoms with Gasteiger partial charge in [-0.25, -0.2) is 14.3 Å². The molecule has 10 nitrogen and oxygen atoms in total. The maximum absolute atomic E-state index is 14.0. The molecule has 11 heteroatoms. The molecule has 204 valence electrons. The Hall–Kier alpha value is -3.92. The Morgan fingerprint density at radius 1 is 1.10 bits per heavy atom. The number of ether oxygens (including phenoxy) is 2. The number of esters is 1. The van der Waals surface area contributed by atoms with Gasteiger partial charge in [0.05, 0.1) is 30.7 Å². The molecule has 0 saturated heterocycles. The highest BCUT2D eigenvalue weighted by Gasteiger charge is 2.36. The number of hydrogen-bond acceptors (Lipinski definition) is 7. The van der Waals surface area contributed by atoms with Gasteiger partial charge in [-0.15, -0.1) is 0 Å². The van der Waals surface area contributed by atoms with Crippen LogP contribution < -0.4 is 4.90 Å². The Kier molecular flexibility index (Phi) is 7.07. The fraction of sp³-hybridized carbons (Fsp3) is 0.393. The molecular formula is C28H30ClN5O5. The van der Waals surface area contributed by atoms with Crippen molar-refractivity contribution >= 4 is 35.3 Å². The molecule has 0 fully saturated rings. The van der Waals surface area contributed by atoms with Crippen molar-refractivity contribution in [2.75, 3.05) is 24.6 Å². The molecule has 3 aromatic rings. The van der Waals surface area contributed by atoms with Gasteiger partial charge in [0.15, 0.2) is 5.69 Å². The second-order valence-electron chi connectivity index (χ2n) is 10.4. The summed E-state index contributed by atoms with van der Waals surface area (Å²) in [5.74, 6) is -0.894. The molecule has 0 radical (unpaired) electrons. The molecule has 0 unspecified atom stereocenters. The molecule has 0 saturated carbocycles. The van der Waals surface area contributed by atoms with Crippen molar-refractivity contribution in [1.82, 2.24) is 19.7 Å². The number of anilines is 1. The molecule has 2 amide bonds. The van der Waals surface area contributed by atoms with E-state index in [-0.39, 0.29) is 30.0 Å². The first-order chi connectivity index (χ1) is 18.6. The Bertz CT molecular complexity index is 1460. The van der Waals surface area contributed by atoms with Gasteiger partial charge in [0.1, 0.15) is 11.3 Å². The number of benzene rings is 1. The van der Waals surface area contributed by atoms with Crippen LogP contribution in [0.15, 0.2) is 36.5 Å². The van der Waals surface area contributed by atoms with Crippen LogP contribution in [0.5, 0.6) is 0 Å². The summed E-state index contributed by atoms with van der Waals surface area (Å²) in [4.78, 5) is 47.2. The van der Waals surface area contributed by atoms with E-state index < -0.39 is 11.6 Å². The summed E-state index contributed by atoms with van der Waals surface area (Å²) in [6.45, 7) is 8.59. The zero-order valence-corrected chi connectivity index (χ0v) is 23.1. The number of hydrogen-bond donors (Lipinski definition) is 0. The number of nitrogens with zero attached hydrogens (tertiary/aromatic N) is 5. The summed E-state index contributed by atoms with van der Waals surface area (Å²) in [6.07, 6.45) is 2.29. The fourth-order valence-electron chi connectivity index (χ4n) is 4.81. The third kappa shape index (κ3) is 5.34. The van der Waals surface area contributed by atoms with Crippen LogP contribution in [0, 0.1) is 0 Å². The molecule has 4 heterocycles. The number of carbonyl (C=O) groups excluding carboxylic acids is 3. The molecule has 0 atom stereocenters. The highest BCUT2D eigenvalue weighted by molar-refractivity contribution is 6.30. The van der Waals surface area contributed by atoms with Crippen molar-refractivity contribution in [3.8, 4) is 5.69 Å². The fourth-order valence-corrected chi connectivity index (χ4v) is 4.99. The molecule has 39 heavy (non-hydrogen) atoms. The summed E-state index contributed by atoms with van der Waals surface area (Å²) in [7, 11) is 0. The van der Waals surface area contributed by atoms with Gasteiger partial charge in [0, 0.05) is 35.8 Å². The summed E-state index contributed by atoms with van der Waals surface area (Å²) >= 11 is 6.22. The lowest BCUT2D eigenvalue weighted by Crippen LogP contribution is -2.41. The Morgan fingerprint density at radius 2 is 1.90 bits per heavy atom. The molecule has 0 bridgehead atoms. The largest absolute Gasteiger partial charge is 0.461 e. The molecule has 2 aliphatic rings. The van der Waals surface area contributed by atoms with Crippen LogP contribution in [0.1, 0.15) is 65.5 Å². The van der Waals surface area contributed by atoms with E-state index in [1.54, 1.807) is 47.2 Å². The standard InChI is InChI=1S/C28H30ClN5O5/c1-5-38-26(36)23-21-9-12-33(25(35)24(21)34(31-23)19-8-6-7-18(29)14-19)20-13-17-16-32(11-10-22(17)30-15-20)27(37)39-28(2,3)4/h6-8,13-15H,5,9-12,16H2,1-4H3. The van der Waals surface area contributed by atoms with E-state index >= 15 is 0 Å². The second kappa shape index (κ2) is 10.3. The maximum atomic E-state index is 14.0. The van der Waals surface area contributed by atoms with E-state index in [0.29, 0.717) is 54.4 Å². The zero-order valence-electron chi connectivity index (χ0n) is 22.4. The van der Waals surface area contributed by atoms with E-state index in [9.17, 15) is 14.4 Å². The third-order valence-electron chi connectivity index (χ3n) is 6.53. The van der Waals surface area contributed by atoms with Crippen molar-refractivity contribution in [3.05, 3.63) is 69.8 Å². The van der Waals surface area contributed by atoms with Gasteiger partial charge in [-0.3, -0.25) is 9.78 Å². The van der Waals surface area contributed by atoms with Crippen molar-refractivity contribution in [3.63, 3.8) is 0 Å². The molecule has 2 aromatic heterocycles. The van der Waals surface area contributed by atoms with Crippen molar-refractivity contribution < 1.29 is 23.9 Å². The van der Waals surface area contributed by atoms with Crippen LogP contribution in [0.4, 0.5) is 10.5 Å². The highest BCUT2D eigenvalue weighted by atomic mass is 35.5. The van der Waals surface area contributed by atoms with E-state index in [1.807, 2.05) is 26.8 Å². The van der Waals surface area contributed by atoms with Gasteiger partial charge < -0.3 is 19.3 Å². The van der Waals surface area contributed by atoms with Crippen LogP contribution in [0.2, 0.25) is 5.02 Å². The molecular weight excluding hydrogens is 522 g/mol. The monoisotopic (exact) mass is 551 g/mol. The van der Waals surface area contributed by atoms with Crippen LogP contribution >= 0.6 is 11.6 Å². The highest BCUT2D eigenvalue weighted by Crippen LogP contribution is 2.31. The van der Waals surface area contributed by atoms with Crippen molar-refractivity contribution in [1.29, 1.82) is 0 Å². The predicted octanol–water partition coefficient (Wildman–Crippen LogP) is 4.59. The SMILES string of the molecule is CCOC(=O)c1nn(-c2cccc(Cl)c2)c2c1CCN(c1cnc3c(c1)CN(C(=O)OC(C)(C)C)CC3)C2=O. The summed E-state index contributed by atoms with van der Waals surface area (Å²) in [5.41, 5.74) is 3.25. The smallest absolute Gasteiger partial charge is 0.410 e. The van der Waals surface area contributed by atoms with Gasteiger partial charge in [-0.2, -0.15) is 5.10 Å². The Labute approximate surface area is 231 Å². The number of pyridine rings is 1. The number of carbonyl (C=O) groups is 3. The normalized spacial score (nSPS) is 15.1. The van der Waals surface area contributed by atoms with Gasteiger partial charge in [-0.05, 0) is 63.9 Å². The van der Waals surface area contributed by atoms with E-state index in [2.05, 4.69) is 10.1 Å². The lowest BCUT2D eigenvalue weighted by molar-refractivity contribution is 0.0222. The maximum Gasteiger partial charge on any atom is 0.410 e. The van der Waals surface area contributed by atoms with Crippen LogP contribution in [0.25, 0.3) is 5.69 Å². The topological polar surface area (TPSA) is 107 Å². The summed E-state index contributed by atoms with van der Waals surface area (Å²) < 4.78 is 12.2. The van der Waals surface area contributed by atoms with Crippen LogP contribution in [-0.2, 0) is 28.9 Å². The predicted molar refractivity (Wildman–Crippen MR) is 144 cm³/mol. The third-order valence-corrected chi connectivity index (χ3v) is 6.76. The zero-order chi connectivity index (χ0) is 27.9. The minimum atomic E-state index is -0.594. The lowest BCUT2D eigenvalue weighted by atomic mass is 10.0. The number of halogens is 1. The van der Waals surface area contributed by atoms with Crippen LogP contribution in [0.3, 0.4) is 0 Å². The lowest BCUT2D eigenvalue weighted by Gasteiger charge is -2.32. The van der Waals surface area contributed by atoms with Gasteiger partial charge in [0.25, 0.3) is 5.91 Å². The first kappa shape index (κ1) is 26.7. The van der Waals surface area contributed by atoms with E-state index in [4.69, 9.17) is 21.1 Å². The first-order valence-corrected chi connectivity index (χ1v) is 13.3. The van der Waals surface area contributed by atoms with E-state index in [0.717, 1.165) is 11.3 Å². The summed E-state index contributed by atoms with van der Waals surface area (Å²) in [6, 6.07) is 8.83. The molecule has 0 aliphatic carbocycles. The van der Waals surface area contributed by atoms with E-state index in [1.165, 1.54) is 4.68 Å². The molecule has 2 aliphatic heterocycles. The van der Waals surface area contributed by atoms with Gasteiger partial charge in [-0.1, -0.05) is 17.7 Å². The number of aromatic nitrogens is 3. The number of fused-ring (bicyclic) bond motifs is 2. The molecule has 5 rings (SSSR count). The Balaban J connectivity index is 1.49. The quantitative estimate of drug-likeness (QED) is 0.436. The molecule has 1 aromatic carbocycles. The minimum Gasteiger partial charge on any atom is -0.461 e. The number of amides is 2. The van der Waals surface area contributed by atoms with Crippen molar-refractivity contribution in [2.45, 2.75) is 52.7 Å².